The van der Waals surface area contributed by atoms with E-state index in [1.54, 1.807) is 26.4 Å². The average molecular weight is 352 g/mol. The molecule has 0 unspecified atom stereocenters. The van der Waals surface area contributed by atoms with Crippen LogP contribution in [0.2, 0.25) is 0 Å². The molecule has 1 heterocycles. The van der Waals surface area contributed by atoms with Gasteiger partial charge in [0.1, 0.15) is 5.69 Å². The maximum Gasteiger partial charge on any atom is 0.224 e. The molecule has 3 aromatic rings. The molecular weight excluding hydrogens is 332 g/mol. The van der Waals surface area contributed by atoms with Crippen molar-refractivity contribution in [1.82, 2.24) is 10.5 Å². The summed E-state index contributed by atoms with van der Waals surface area (Å²) >= 11 is 0. The van der Waals surface area contributed by atoms with Crippen molar-refractivity contribution in [2.45, 2.75) is 13.0 Å². The molecule has 1 amide bonds. The third kappa shape index (κ3) is 4.22. The van der Waals surface area contributed by atoms with Gasteiger partial charge in [-0.25, -0.2) is 0 Å². The SMILES string of the molecule is COc1ccc(CC(=O)NCc2cc(-c3ccccc3)on2)cc1OC. The predicted octanol–water partition coefficient (Wildman–Crippen LogP) is 3.22. The Balaban J connectivity index is 1.57. The Kier molecular flexibility index (Phi) is 5.53. The lowest BCUT2D eigenvalue weighted by molar-refractivity contribution is -0.120. The lowest BCUT2D eigenvalue weighted by Gasteiger charge is -2.09. The van der Waals surface area contributed by atoms with E-state index in [9.17, 15) is 4.79 Å². The lowest BCUT2D eigenvalue weighted by atomic mass is 10.1. The first kappa shape index (κ1) is 17.5. The number of rotatable bonds is 7. The van der Waals surface area contributed by atoms with Crippen LogP contribution in [0.4, 0.5) is 0 Å². The van der Waals surface area contributed by atoms with E-state index in [0.29, 0.717) is 29.5 Å². The third-order valence-electron chi connectivity index (χ3n) is 3.90. The summed E-state index contributed by atoms with van der Waals surface area (Å²) in [5.41, 5.74) is 2.46. The number of hydrogen-bond acceptors (Lipinski definition) is 5. The monoisotopic (exact) mass is 352 g/mol. The Labute approximate surface area is 151 Å². The average Bonchev–Trinajstić information content (AvgIpc) is 3.16. The summed E-state index contributed by atoms with van der Waals surface area (Å²) in [6.45, 7) is 0.308. The zero-order chi connectivity index (χ0) is 18.4. The van der Waals surface area contributed by atoms with Gasteiger partial charge in [0.15, 0.2) is 17.3 Å². The Morgan fingerprint density at radius 3 is 2.54 bits per heavy atom. The van der Waals surface area contributed by atoms with E-state index in [2.05, 4.69) is 10.5 Å². The molecule has 6 heteroatoms. The summed E-state index contributed by atoms with van der Waals surface area (Å²) < 4.78 is 15.8. The highest BCUT2D eigenvalue weighted by molar-refractivity contribution is 5.78. The van der Waals surface area contributed by atoms with Crippen molar-refractivity contribution in [1.29, 1.82) is 0 Å². The van der Waals surface area contributed by atoms with Crippen molar-refractivity contribution in [3.8, 4) is 22.8 Å². The van der Waals surface area contributed by atoms with Crippen molar-refractivity contribution in [3.05, 3.63) is 65.9 Å². The second-order valence-corrected chi connectivity index (χ2v) is 5.69. The normalized spacial score (nSPS) is 10.4. The minimum atomic E-state index is -0.110. The molecule has 0 saturated heterocycles. The Bertz CT molecular complexity index is 875. The van der Waals surface area contributed by atoms with E-state index in [0.717, 1.165) is 11.1 Å². The summed E-state index contributed by atoms with van der Waals surface area (Å²) in [6, 6.07) is 16.9. The van der Waals surface area contributed by atoms with E-state index in [4.69, 9.17) is 14.0 Å². The van der Waals surface area contributed by atoms with Crippen LogP contribution in [0.5, 0.6) is 11.5 Å². The van der Waals surface area contributed by atoms with Crippen LogP contribution < -0.4 is 14.8 Å². The molecule has 0 aliphatic carbocycles. The number of nitrogens with one attached hydrogen (secondary N) is 1. The van der Waals surface area contributed by atoms with Gasteiger partial charge in [-0.1, -0.05) is 41.6 Å². The third-order valence-corrected chi connectivity index (χ3v) is 3.90. The van der Waals surface area contributed by atoms with Crippen molar-refractivity contribution < 1.29 is 18.8 Å². The number of ether oxygens (including phenoxy) is 2. The topological polar surface area (TPSA) is 73.6 Å². The van der Waals surface area contributed by atoms with Crippen LogP contribution in [0.25, 0.3) is 11.3 Å². The molecule has 26 heavy (non-hydrogen) atoms. The Morgan fingerprint density at radius 1 is 1.04 bits per heavy atom. The first-order chi connectivity index (χ1) is 12.7. The molecule has 2 aromatic carbocycles. The van der Waals surface area contributed by atoms with Crippen LogP contribution in [0.3, 0.4) is 0 Å². The summed E-state index contributed by atoms with van der Waals surface area (Å²) in [4.78, 5) is 12.2. The first-order valence-corrected chi connectivity index (χ1v) is 8.18. The van der Waals surface area contributed by atoms with E-state index < -0.39 is 0 Å². The summed E-state index contributed by atoms with van der Waals surface area (Å²) in [5, 5.41) is 6.84. The highest BCUT2D eigenvalue weighted by Crippen LogP contribution is 2.27. The molecule has 0 spiro atoms. The van der Waals surface area contributed by atoms with Crippen LogP contribution in [0, 0.1) is 0 Å². The number of methoxy groups -OCH3 is 2. The first-order valence-electron chi connectivity index (χ1n) is 8.18. The van der Waals surface area contributed by atoms with E-state index in [1.165, 1.54) is 0 Å². The van der Waals surface area contributed by atoms with E-state index in [-0.39, 0.29) is 12.3 Å². The van der Waals surface area contributed by atoms with Crippen LogP contribution >= 0.6 is 0 Å². The minimum absolute atomic E-state index is 0.110. The van der Waals surface area contributed by atoms with Crippen LogP contribution in [-0.4, -0.2) is 25.3 Å². The molecule has 0 bridgehead atoms. The second kappa shape index (κ2) is 8.20. The maximum absolute atomic E-state index is 12.2. The van der Waals surface area contributed by atoms with Gasteiger partial charge < -0.3 is 19.3 Å². The van der Waals surface area contributed by atoms with Gasteiger partial charge in [0, 0.05) is 11.6 Å². The van der Waals surface area contributed by atoms with Gasteiger partial charge in [-0.15, -0.1) is 0 Å². The molecule has 0 saturated carbocycles. The van der Waals surface area contributed by atoms with Crippen LogP contribution in [-0.2, 0) is 17.8 Å². The lowest BCUT2D eigenvalue weighted by Crippen LogP contribution is -2.24. The molecule has 0 atom stereocenters. The van der Waals surface area contributed by atoms with Gasteiger partial charge in [0.2, 0.25) is 5.91 Å². The summed E-state index contributed by atoms with van der Waals surface area (Å²) in [6.07, 6.45) is 0.240. The quantitative estimate of drug-likeness (QED) is 0.707. The zero-order valence-corrected chi connectivity index (χ0v) is 14.7. The molecule has 6 nitrogen and oxygen atoms in total. The Hall–Kier alpha value is -3.28. The number of amides is 1. The standard InChI is InChI=1S/C20H20N2O4/c1-24-17-9-8-14(10-19(17)25-2)11-20(23)21-13-16-12-18(26-22-16)15-6-4-3-5-7-15/h3-10,12H,11,13H2,1-2H3,(H,21,23). The molecule has 0 aliphatic rings. The van der Waals surface area contributed by atoms with E-state index >= 15 is 0 Å². The highest BCUT2D eigenvalue weighted by atomic mass is 16.5. The molecule has 1 N–H and O–H groups in total. The fourth-order valence-electron chi connectivity index (χ4n) is 2.56. The van der Waals surface area contributed by atoms with Gasteiger partial charge in [-0.05, 0) is 17.7 Å². The van der Waals surface area contributed by atoms with Crippen LogP contribution in [0.15, 0.2) is 59.1 Å². The molecule has 1 aromatic heterocycles. The fourth-order valence-corrected chi connectivity index (χ4v) is 2.56. The van der Waals surface area contributed by atoms with Gasteiger partial charge in [-0.2, -0.15) is 0 Å². The number of benzene rings is 2. The van der Waals surface area contributed by atoms with Crippen molar-refractivity contribution >= 4 is 5.91 Å². The van der Waals surface area contributed by atoms with Gasteiger partial charge in [0.25, 0.3) is 0 Å². The van der Waals surface area contributed by atoms with E-state index in [1.807, 2.05) is 42.5 Å². The predicted molar refractivity (Wildman–Crippen MR) is 97.0 cm³/mol. The minimum Gasteiger partial charge on any atom is -0.493 e. The second-order valence-electron chi connectivity index (χ2n) is 5.69. The van der Waals surface area contributed by atoms with Crippen molar-refractivity contribution in [2.24, 2.45) is 0 Å². The van der Waals surface area contributed by atoms with Gasteiger partial charge in [0.05, 0.1) is 27.2 Å². The maximum atomic E-state index is 12.2. The highest BCUT2D eigenvalue weighted by Gasteiger charge is 2.10. The molecule has 3 rings (SSSR count). The summed E-state index contributed by atoms with van der Waals surface area (Å²) in [5.74, 6) is 1.80. The molecular formula is C20H20N2O4. The molecule has 0 aliphatic heterocycles. The van der Waals surface area contributed by atoms with Gasteiger partial charge >= 0.3 is 0 Å². The molecule has 0 fully saturated rings. The number of carbonyl (C=O) groups excluding carboxylic acids is 1. The van der Waals surface area contributed by atoms with Gasteiger partial charge in [-0.3, -0.25) is 4.79 Å². The number of hydrogen-bond donors (Lipinski definition) is 1. The number of nitrogens with zero attached hydrogens (tertiary/aromatic N) is 1. The smallest absolute Gasteiger partial charge is 0.224 e. The number of aromatic nitrogens is 1. The molecule has 134 valence electrons. The Morgan fingerprint density at radius 2 is 1.81 bits per heavy atom. The zero-order valence-electron chi connectivity index (χ0n) is 14.7. The van der Waals surface area contributed by atoms with Crippen LogP contribution in [0.1, 0.15) is 11.3 Å². The molecule has 0 radical (unpaired) electrons. The largest absolute Gasteiger partial charge is 0.493 e. The van der Waals surface area contributed by atoms with Crippen molar-refractivity contribution in [2.75, 3.05) is 14.2 Å². The fraction of sp³-hybridized carbons (Fsp3) is 0.200. The van der Waals surface area contributed by atoms with Crippen molar-refractivity contribution in [3.63, 3.8) is 0 Å². The number of carbonyl (C=O) groups is 1. The summed E-state index contributed by atoms with van der Waals surface area (Å²) in [7, 11) is 3.14.